The molecule has 2 aromatic carbocycles. The number of aliphatic hydroxyl groups is 1. The number of ether oxygens (including phenoxy) is 2. The molecule has 2 unspecified atom stereocenters. The summed E-state index contributed by atoms with van der Waals surface area (Å²) in [5.74, 6) is 1.12. The largest absolute Gasteiger partial charge is 0.490 e. The number of hydrogen-bond acceptors (Lipinski definition) is 5. The zero-order valence-electron chi connectivity index (χ0n) is 15.9. The summed E-state index contributed by atoms with van der Waals surface area (Å²) < 4.78 is 14.6. The molecule has 2 aromatic rings. The van der Waals surface area contributed by atoms with Crippen molar-refractivity contribution >= 4 is 73.7 Å². The second-order valence-electron chi connectivity index (χ2n) is 6.56. The van der Waals surface area contributed by atoms with E-state index in [1.807, 2.05) is 38.1 Å². The van der Waals surface area contributed by atoms with Crippen molar-refractivity contribution < 1.29 is 24.5 Å². The zero-order chi connectivity index (χ0) is 21.7. The molecule has 0 heterocycles. The summed E-state index contributed by atoms with van der Waals surface area (Å²) in [7, 11) is 0. The molecule has 0 amide bonds. The highest BCUT2D eigenvalue weighted by molar-refractivity contribution is 14.1. The van der Waals surface area contributed by atoms with E-state index in [4.69, 9.17) is 20.3 Å². The lowest BCUT2D eigenvalue weighted by Crippen LogP contribution is -2.32. The Hall–Kier alpha value is -0.380. The van der Waals surface area contributed by atoms with Crippen LogP contribution in [0.2, 0.25) is 0 Å². The highest BCUT2D eigenvalue weighted by atomic mass is 127. The van der Waals surface area contributed by atoms with Crippen LogP contribution in [0.15, 0.2) is 24.3 Å². The van der Waals surface area contributed by atoms with Gasteiger partial charge in [0.2, 0.25) is 0 Å². The maximum Gasteiger partial charge on any atom is 0.320 e. The van der Waals surface area contributed by atoms with E-state index < -0.39 is 18.1 Å². The van der Waals surface area contributed by atoms with E-state index in [2.05, 4.69) is 67.8 Å². The second kappa shape index (κ2) is 11.3. The molecular formula is C20H22I3NO5. The molecule has 0 fully saturated rings. The Morgan fingerprint density at radius 2 is 1.69 bits per heavy atom. The van der Waals surface area contributed by atoms with Crippen LogP contribution in [0.4, 0.5) is 0 Å². The van der Waals surface area contributed by atoms with Crippen LogP contribution in [-0.4, -0.2) is 34.9 Å². The van der Waals surface area contributed by atoms with Crippen molar-refractivity contribution in [2.45, 2.75) is 38.8 Å². The van der Waals surface area contributed by atoms with E-state index in [0.29, 0.717) is 17.9 Å². The molecule has 0 aliphatic rings. The smallest absolute Gasteiger partial charge is 0.320 e. The van der Waals surface area contributed by atoms with Gasteiger partial charge in [-0.3, -0.25) is 4.79 Å². The first-order valence-electron chi connectivity index (χ1n) is 8.87. The molecule has 0 bridgehead atoms. The fourth-order valence-electron chi connectivity index (χ4n) is 2.53. The van der Waals surface area contributed by atoms with Gasteiger partial charge in [0.15, 0.2) is 5.75 Å². The Bertz CT molecular complexity index is 844. The Morgan fingerprint density at radius 3 is 2.21 bits per heavy atom. The molecule has 29 heavy (non-hydrogen) atoms. The molecule has 0 spiro atoms. The van der Waals surface area contributed by atoms with Crippen molar-refractivity contribution in [3.63, 3.8) is 0 Å². The molecular weight excluding hydrogens is 715 g/mol. The van der Waals surface area contributed by atoms with Crippen LogP contribution in [0, 0.1) is 17.6 Å². The third-order valence-electron chi connectivity index (χ3n) is 4.14. The molecule has 2 rings (SSSR count). The minimum atomic E-state index is -1.02. The molecule has 0 aliphatic carbocycles. The topological polar surface area (TPSA) is 102 Å². The monoisotopic (exact) mass is 737 g/mol. The Balaban J connectivity index is 2.22. The molecule has 4 N–H and O–H groups in total. The summed E-state index contributed by atoms with van der Waals surface area (Å²) in [6, 6.07) is 6.64. The van der Waals surface area contributed by atoms with Gasteiger partial charge in [-0.15, -0.1) is 0 Å². The maximum absolute atomic E-state index is 11.0. The van der Waals surface area contributed by atoms with Crippen LogP contribution in [0.1, 0.15) is 24.5 Å². The van der Waals surface area contributed by atoms with Gasteiger partial charge >= 0.3 is 5.97 Å². The molecule has 0 radical (unpaired) electrons. The van der Waals surface area contributed by atoms with Gasteiger partial charge < -0.3 is 25.4 Å². The third-order valence-corrected chi connectivity index (χ3v) is 6.55. The summed E-state index contributed by atoms with van der Waals surface area (Å²) in [6.45, 7) is 4.10. The standard InChI is InChI=1S/C20H22I3NO5/c1-3-12(25)9-28-18-10(2)4-13(8-16(18)23)29-19-14(21)5-11(6-15(19)22)7-17(24)20(26)27/h4-6,8,12,17,25H,3,7,9,24H2,1-2H3,(H,26,27). The highest BCUT2D eigenvalue weighted by Gasteiger charge is 2.17. The number of aliphatic carboxylic acids is 1. The van der Waals surface area contributed by atoms with Crippen LogP contribution < -0.4 is 15.2 Å². The predicted molar refractivity (Wildman–Crippen MR) is 137 cm³/mol. The lowest BCUT2D eigenvalue weighted by molar-refractivity contribution is -0.138. The van der Waals surface area contributed by atoms with Gasteiger partial charge in [0.25, 0.3) is 0 Å². The van der Waals surface area contributed by atoms with Crippen molar-refractivity contribution in [1.82, 2.24) is 0 Å². The van der Waals surface area contributed by atoms with E-state index in [-0.39, 0.29) is 13.0 Å². The first-order valence-corrected chi connectivity index (χ1v) is 12.1. The molecule has 0 aliphatic heterocycles. The second-order valence-corrected chi connectivity index (χ2v) is 10.1. The Morgan fingerprint density at radius 1 is 1.10 bits per heavy atom. The minimum absolute atomic E-state index is 0.253. The van der Waals surface area contributed by atoms with Gasteiger partial charge in [0.05, 0.1) is 16.8 Å². The van der Waals surface area contributed by atoms with Gasteiger partial charge in [0.1, 0.15) is 24.1 Å². The fraction of sp³-hybridized carbons (Fsp3) is 0.350. The van der Waals surface area contributed by atoms with Gasteiger partial charge in [0, 0.05) is 0 Å². The minimum Gasteiger partial charge on any atom is -0.490 e. The number of halogens is 3. The van der Waals surface area contributed by atoms with Crippen LogP contribution >= 0.6 is 67.8 Å². The predicted octanol–water partition coefficient (Wildman–Crippen LogP) is 4.71. The number of hydrogen-bond donors (Lipinski definition) is 3. The van der Waals surface area contributed by atoms with Gasteiger partial charge in [-0.05, 0) is 123 Å². The zero-order valence-corrected chi connectivity index (χ0v) is 22.4. The van der Waals surface area contributed by atoms with Crippen molar-refractivity contribution in [3.8, 4) is 17.2 Å². The number of nitrogens with two attached hydrogens (primary N) is 1. The molecule has 0 saturated heterocycles. The van der Waals surface area contributed by atoms with E-state index in [1.165, 1.54) is 0 Å². The number of carboxylic acid groups (broad SMARTS) is 1. The highest BCUT2D eigenvalue weighted by Crippen LogP contribution is 2.36. The number of aliphatic hydroxyl groups excluding tert-OH is 1. The summed E-state index contributed by atoms with van der Waals surface area (Å²) in [6.07, 6.45) is 0.409. The van der Waals surface area contributed by atoms with Crippen molar-refractivity contribution in [1.29, 1.82) is 0 Å². The summed E-state index contributed by atoms with van der Waals surface area (Å²) in [5, 5.41) is 18.7. The average molecular weight is 737 g/mol. The van der Waals surface area contributed by atoms with Crippen molar-refractivity contribution in [2.75, 3.05) is 6.61 Å². The lowest BCUT2D eigenvalue weighted by atomic mass is 10.1. The normalized spacial score (nSPS) is 13.1. The number of aryl methyl sites for hydroxylation is 1. The third kappa shape index (κ3) is 7.08. The van der Waals surface area contributed by atoms with Crippen LogP contribution in [-0.2, 0) is 11.2 Å². The SMILES string of the molecule is CCC(O)COc1c(C)cc(Oc2c(I)cc(CC(N)C(=O)O)cc2I)cc1I. The number of rotatable bonds is 9. The van der Waals surface area contributed by atoms with Crippen molar-refractivity contribution in [2.24, 2.45) is 5.73 Å². The van der Waals surface area contributed by atoms with E-state index in [1.54, 1.807) is 0 Å². The molecule has 2 atom stereocenters. The molecule has 0 saturated carbocycles. The quantitative estimate of drug-likeness (QED) is 0.323. The molecule has 0 aromatic heterocycles. The van der Waals surface area contributed by atoms with Crippen LogP contribution in [0.5, 0.6) is 17.2 Å². The first-order chi connectivity index (χ1) is 13.6. The maximum atomic E-state index is 11.0. The van der Waals surface area contributed by atoms with Crippen LogP contribution in [0.3, 0.4) is 0 Å². The molecule has 6 nitrogen and oxygen atoms in total. The fourth-order valence-corrected chi connectivity index (χ4v) is 5.53. The average Bonchev–Trinajstić information content (AvgIpc) is 2.63. The Labute approximate surface area is 211 Å². The lowest BCUT2D eigenvalue weighted by Gasteiger charge is -2.17. The first kappa shape index (κ1) is 24.9. The summed E-state index contributed by atoms with van der Waals surface area (Å²) in [5.41, 5.74) is 7.42. The Kier molecular flexibility index (Phi) is 9.70. The van der Waals surface area contributed by atoms with Gasteiger partial charge in [-0.25, -0.2) is 0 Å². The molecule has 158 valence electrons. The van der Waals surface area contributed by atoms with Crippen molar-refractivity contribution in [3.05, 3.63) is 46.1 Å². The van der Waals surface area contributed by atoms with E-state index in [9.17, 15) is 9.90 Å². The van der Waals surface area contributed by atoms with Crippen LogP contribution in [0.25, 0.3) is 0 Å². The van der Waals surface area contributed by atoms with Gasteiger partial charge in [-0.2, -0.15) is 0 Å². The van der Waals surface area contributed by atoms with E-state index >= 15 is 0 Å². The number of carboxylic acids is 1. The molecule has 9 heteroatoms. The summed E-state index contributed by atoms with van der Waals surface area (Å²) in [4.78, 5) is 11.0. The number of benzene rings is 2. The number of carbonyl (C=O) groups is 1. The summed E-state index contributed by atoms with van der Waals surface area (Å²) >= 11 is 6.55. The van der Waals surface area contributed by atoms with E-state index in [0.717, 1.165) is 27.6 Å². The van der Waals surface area contributed by atoms with Gasteiger partial charge in [-0.1, -0.05) is 6.92 Å².